The molecule has 1 aromatic rings. The topological polar surface area (TPSA) is 113 Å². The summed E-state index contributed by atoms with van der Waals surface area (Å²) in [6.07, 6.45) is 7.04. The second-order valence-corrected chi connectivity index (χ2v) is 8.45. The van der Waals surface area contributed by atoms with E-state index in [1.165, 1.54) is 5.56 Å². The molecule has 180 valence electrons. The highest BCUT2D eigenvalue weighted by atomic mass is 35.5. The Morgan fingerprint density at radius 3 is 2.44 bits per heavy atom. The molecule has 4 N–H and O–H groups in total. The average Bonchev–Trinajstić information content (AvgIpc) is 3.04. The maximum Gasteiger partial charge on any atom is 0.304 e. The first-order chi connectivity index (χ1) is 15.0. The third-order valence-corrected chi connectivity index (χ3v) is 5.95. The van der Waals surface area contributed by atoms with Gasteiger partial charge < -0.3 is 21.1 Å². The molecule has 2 atom stereocenters. The zero-order valence-electron chi connectivity index (χ0n) is 18.8. The van der Waals surface area contributed by atoms with E-state index in [-0.39, 0.29) is 36.6 Å². The van der Waals surface area contributed by atoms with E-state index in [9.17, 15) is 19.5 Å². The van der Waals surface area contributed by atoms with Gasteiger partial charge in [0.15, 0.2) is 0 Å². The molecule has 0 bridgehead atoms. The molecule has 32 heavy (non-hydrogen) atoms. The Bertz CT molecular complexity index is 702. The summed E-state index contributed by atoms with van der Waals surface area (Å²) in [5.74, 6) is -1.82. The number of halogens is 1. The van der Waals surface area contributed by atoms with Crippen molar-refractivity contribution in [3.63, 3.8) is 0 Å². The number of hydrogen-bond donors (Lipinski definition) is 3. The smallest absolute Gasteiger partial charge is 0.304 e. The Hall–Kier alpha value is -2.12. The van der Waals surface area contributed by atoms with Gasteiger partial charge >= 0.3 is 5.97 Å². The summed E-state index contributed by atoms with van der Waals surface area (Å²) in [6, 6.07) is 10.1. The van der Waals surface area contributed by atoms with Gasteiger partial charge in [0.25, 0.3) is 0 Å². The number of aliphatic carboxylic acids is 1. The summed E-state index contributed by atoms with van der Waals surface area (Å²) in [5, 5.41) is 12.2. The van der Waals surface area contributed by atoms with Crippen LogP contribution < -0.4 is 11.1 Å². The number of carboxylic acids is 1. The lowest BCUT2D eigenvalue weighted by Gasteiger charge is -2.17. The van der Waals surface area contributed by atoms with Gasteiger partial charge in [-0.1, -0.05) is 49.6 Å². The first-order valence-corrected chi connectivity index (χ1v) is 11.5. The second kappa shape index (κ2) is 15.6. The van der Waals surface area contributed by atoms with Gasteiger partial charge in [-0.2, -0.15) is 0 Å². The summed E-state index contributed by atoms with van der Waals surface area (Å²) < 4.78 is 0. The summed E-state index contributed by atoms with van der Waals surface area (Å²) >= 11 is 0. The first-order valence-electron chi connectivity index (χ1n) is 11.5. The standard InChI is InChI=1S/C24H37N3O4.ClH/c25-14-8-3-1-2-7-13-22(28)26-17-20-18-27(24(31)21(20)16-23(29)30)15-9-12-19-10-5-4-6-11-19;/h4-6,10-11,20-21H,1-3,7-9,12-18,25H2,(H,26,28)(H,29,30);1H/t20-,21+;/m1./s1. The van der Waals surface area contributed by atoms with Crippen LogP contribution in [0.1, 0.15) is 56.9 Å². The number of nitrogens with two attached hydrogens (primary N) is 1. The van der Waals surface area contributed by atoms with Crippen LogP contribution in [-0.4, -0.2) is 54.0 Å². The molecule has 0 aliphatic carbocycles. The van der Waals surface area contributed by atoms with E-state index in [1.54, 1.807) is 4.90 Å². The molecule has 1 saturated heterocycles. The number of rotatable bonds is 15. The summed E-state index contributed by atoms with van der Waals surface area (Å²) in [6.45, 7) is 2.17. The number of unbranched alkanes of at least 4 members (excludes halogenated alkanes) is 4. The Labute approximate surface area is 197 Å². The van der Waals surface area contributed by atoms with E-state index in [0.29, 0.717) is 32.6 Å². The minimum atomic E-state index is -0.974. The van der Waals surface area contributed by atoms with Gasteiger partial charge in [0, 0.05) is 32.0 Å². The fourth-order valence-corrected chi connectivity index (χ4v) is 4.20. The minimum Gasteiger partial charge on any atom is -0.481 e. The molecule has 2 rings (SSSR count). The van der Waals surface area contributed by atoms with Crippen LogP contribution in [-0.2, 0) is 20.8 Å². The van der Waals surface area contributed by atoms with Gasteiger partial charge in [-0.05, 0) is 37.8 Å². The molecule has 0 radical (unpaired) electrons. The monoisotopic (exact) mass is 467 g/mol. The van der Waals surface area contributed by atoms with Gasteiger partial charge in [-0.3, -0.25) is 14.4 Å². The molecular formula is C24H38ClN3O4. The van der Waals surface area contributed by atoms with Crippen molar-refractivity contribution in [3.05, 3.63) is 35.9 Å². The number of hydrogen-bond acceptors (Lipinski definition) is 4. The molecule has 1 heterocycles. The average molecular weight is 468 g/mol. The number of carbonyl (C=O) groups excluding carboxylic acids is 2. The quantitative estimate of drug-likeness (QED) is 0.343. The van der Waals surface area contributed by atoms with Gasteiger partial charge in [0.05, 0.1) is 12.3 Å². The normalized spacial score (nSPS) is 17.8. The number of likely N-dealkylation sites (tertiary alicyclic amines) is 1. The van der Waals surface area contributed by atoms with Crippen LogP contribution in [0.15, 0.2) is 30.3 Å². The SMILES string of the molecule is Cl.NCCCCCCCC(=O)NC[C@@H]1CN(CCCc2ccccc2)C(=O)[C@H]1CC(=O)O. The zero-order chi connectivity index (χ0) is 22.5. The van der Waals surface area contributed by atoms with Crippen molar-refractivity contribution < 1.29 is 19.5 Å². The third kappa shape index (κ3) is 10.0. The molecule has 1 aliphatic heterocycles. The third-order valence-electron chi connectivity index (χ3n) is 5.95. The van der Waals surface area contributed by atoms with Crippen LogP contribution in [0.3, 0.4) is 0 Å². The van der Waals surface area contributed by atoms with Crippen molar-refractivity contribution in [2.45, 2.75) is 57.8 Å². The van der Waals surface area contributed by atoms with Crippen LogP contribution in [0.4, 0.5) is 0 Å². The van der Waals surface area contributed by atoms with Crippen molar-refractivity contribution in [3.8, 4) is 0 Å². The van der Waals surface area contributed by atoms with Gasteiger partial charge in [0.2, 0.25) is 11.8 Å². The number of benzene rings is 1. The fraction of sp³-hybridized carbons (Fsp3) is 0.625. The molecule has 0 aromatic heterocycles. The predicted molar refractivity (Wildman–Crippen MR) is 128 cm³/mol. The summed E-state index contributed by atoms with van der Waals surface area (Å²) in [7, 11) is 0. The van der Waals surface area contributed by atoms with Crippen molar-refractivity contribution in [1.29, 1.82) is 0 Å². The molecule has 0 unspecified atom stereocenters. The van der Waals surface area contributed by atoms with Crippen LogP contribution >= 0.6 is 12.4 Å². The lowest BCUT2D eigenvalue weighted by molar-refractivity contribution is -0.142. The van der Waals surface area contributed by atoms with Gasteiger partial charge in [-0.15, -0.1) is 12.4 Å². The largest absolute Gasteiger partial charge is 0.481 e. The minimum absolute atomic E-state index is 0. The van der Waals surface area contributed by atoms with Crippen molar-refractivity contribution >= 4 is 30.2 Å². The van der Waals surface area contributed by atoms with Gasteiger partial charge in [0.1, 0.15) is 0 Å². The van der Waals surface area contributed by atoms with E-state index in [1.807, 2.05) is 18.2 Å². The van der Waals surface area contributed by atoms with Crippen LogP contribution in [0.25, 0.3) is 0 Å². The maximum absolute atomic E-state index is 12.8. The summed E-state index contributed by atoms with van der Waals surface area (Å²) in [4.78, 5) is 38.0. The van der Waals surface area contributed by atoms with Crippen LogP contribution in [0.2, 0.25) is 0 Å². The van der Waals surface area contributed by atoms with Crippen molar-refractivity contribution in [2.24, 2.45) is 17.6 Å². The lowest BCUT2D eigenvalue weighted by Crippen LogP contribution is -2.33. The van der Waals surface area contributed by atoms with E-state index in [2.05, 4.69) is 17.4 Å². The predicted octanol–water partition coefficient (Wildman–Crippen LogP) is 3.01. The van der Waals surface area contributed by atoms with Crippen LogP contribution in [0, 0.1) is 11.8 Å². The molecule has 0 spiro atoms. The van der Waals surface area contributed by atoms with Crippen molar-refractivity contribution in [2.75, 3.05) is 26.2 Å². The Morgan fingerprint density at radius 2 is 1.75 bits per heavy atom. The highest BCUT2D eigenvalue weighted by Gasteiger charge is 2.41. The van der Waals surface area contributed by atoms with E-state index >= 15 is 0 Å². The van der Waals surface area contributed by atoms with E-state index in [4.69, 9.17) is 5.73 Å². The molecule has 7 nitrogen and oxygen atoms in total. The summed E-state index contributed by atoms with van der Waals surface area (Å²) in [5.41, 5.74) is 6.70. The number of carboxylic acid groups (broad SMARTS) is 1. The fourth-order valence-electron chi connectivity index (χ4n) is 4.20. The Balaban J connectivity index is 0.00000512. The van der Waals surface area contributed by atoms with E-state index < -0.39 is 11.9 Å². The molecule has 1 aromatic carbocycles. The highest BCUT2D eigenvalue weighted by molar-refractivity contribution is 5.86. The Morgan fingerprint density at radius 1 is 1.06 bits per heavy atom. The van der Waals surface area contributed by atoms with Gasteiger partial charge in [-0.25, -0.2) is 0 Å². The second-order valence-electron chi connectivity index (χ2n) is 8.45. The highest BCUT2D eigenvalue weighted by Crippen LogP contribution is 2.28. The van der Waals surface area contributed by atoms with Crippen LogP contribution in [0.5, 0.6) is 0 Å². The lowest BCUT2D eigenvalue weighted by atomic mass is 9.92. The first kappa shape index (κ1) is 27.9. The number of amides is 2. The molecule has 1 fully saturated rings. The number of nitrogens with one attached hydrogen (secondary N) is 1. The number of carbonyl (C=O) groups is 3. The molecule has 2 amide bonds. The van der Waals surface area contributed by atoms with E-state index in [0.717, 1.165) is 44.9 Å². The maximum atomic E-state index is 12.8. The molecule has 1 aliphatic rings. The molecule has 8 heteroatoms. The van der Waals surface area contributed by atoms with Crippen molar-refractivity contribution in [1.82, 2.24) is 10.2 Å². The Kier molecular flexibility index (Phi) is 13.6. The number of nitrogens with zero attached hydrogens (tertiary/aromatic N) is 1. The number of aryl methyl sites for hydroxylation is 1. The molecule has 0 saturated carbocycles. The zero-order valence-corrected chi connectivity index (χ0v) is 19.7. The molecular weight excluding hydrogens is 430 g/mol.